The van der Waals surface area contributed by atoms with Gasteiger partial charge in [0.2, 0.25) is 5.91 Å². The number of anilines is 1. The summed E-state index contributed by atoms with van der Waals surface area (Å²) in [5.41, 5.74) is 7.33. The topological polar surface area (TPSA) is 67.1 Å². The fourth-order valence-corrected chi connectivity index (χ4v) is 1.87. The largest absolute Gasteiger partial charge is 0.389 e. The number of benzene rings is 1. The Morgan fingerprint density at radius 1 is 1.39 bits per heavy atom. The standard InChI is InChI=1S/C13H17N3OS/c14-13(18)10-3-1-2-4-11(10)15-8-7-12(17)16-9-5-6-9/h1-4,9,15H,5-8H2,(H2,14,18)(H,16,17). The Morgan fingerprint density at radius 3 is 2.78 bits per heavy atom. The predicted molar refractivity (Wildman–Crippen MR) is 76.6 cm³/mol. The molecule has 0 atom stereocenters. The van der Waals surface area contributed by atoms with Crippen LogP contribution in [0.15, 0.2) is 24.3 Å². The number of thiocarbonyl (C=S) groups is 1. The molecule has 1 fully saturated rings. The van der Waals surface area contributed by atoms with E-state index in [4.69, 9.17) is 18.0 Å². The molecule has 0 aliphatic heterocycles. The smallest absolute Gasteiger partial charge is 0.221 e. The van der Waals surface area contributed by atoms with Crippen LogP contribution in [0.2, 0.25) is 0 Å². The van der Waals surface area contributed by atoms with Crippen molar-refractivity contribution in [3.8, 4) is 0 Å². The summed E-state index contributed by atoms with van der Waals surface area (Å²) in [5, 5.41) is 6.14. The molecule has 1 aromatic carbocycles. The second-order valence-electron chi connectivity index (χ2n) is 4.43. The Bertz CT molecular complexity index is 457. The van der Waals surface area contributed by atoms with Gasteiger partial charge < -0.3 is 16.4 Å². The Balaban J connectivity index is 1.82. The lowest BCUT2D eigenvalue weighted by atomic mass is 10.1. The van der Waals surface area contributed by atoms with Gasteiger partial charge in [-0.25, -0.2) is 0 Å². The first-order valence-corrected chi connectivity index (χ1v) is 6.49. The number of hydrogen-bond donors (Lipinski definition) is 3. The van der Waals surface area contributed by atoms with Gasteiger partial charge in [-0.2, -0.15) is 0 Å². The van der Waals surface area contributed by atoms with Crippen LogP contribution in [0, 0.1) is 0 Å². The predicted octanol–water partition coefficient (Wildman–Crippen LogP) is 1.40. The molecule has 4 nitrogen and oxygen atoms in total. The molecule has 0 aromatic heterocycles. The molecule has 96 valence electrons. The maximum Gasteiger partial charge on any atom is 0.221 e. The summed E-state index contributed by atoms with van der Waals surface area (Å²) >= 11 is 4.98. The van der Waals surface area contributed by atoms with E-state index in [0.717, 1.165) is 24.1 Å². The number of carbonyl (C=O) groups excluding carboxylic acids is 1. The van der Waals surface area contributed by atoms with Gasteiger partial charge in [-0.3, -0.25) is 4.79 Å². The van der Waals surface area contributed by atoms with Crippen molar-refractivity contribution in [2.75, 3.05) is 11.9 Å². The molecule has 5 heteroatoms. The highest BCUT2D eigenvalue weighted by atomic mass is 32.1. The molecule has 1 aliphatic rings. The molecule has 0 heterocycles. The van der Waals surface area contributed by atoms with Gasteiger partial charge in [0.15, 0.2) is 0 Å². The quantitative estimate of drug-likeness (QED) is 0.679. The van der Waals surface area contributed by atoms with E-state index in [9.17, 15) is 4.79 Å². The van der Waals surface area contributed by atoms with Crippen molar-refractivity contribution in [3.05, 3.63) is 29.8 Å². The van der Waals surface area contributed by atoms with Crippen LogP contribution in [0.4, 0.5) is 5.69 Å². The summed E-state index contributed by atoms with van der Waals surface area (Å²) in [5.74, 6) is 0.0952. The second-order valence-corrected chi connectivity index (χ2v) is 4.87. The summed E-state index contributed by atoms with van der Waals surface area (Å²) in [4.78, 5) is 11.9. The van der Waals surface area contributed by atoms with Gasteiger partial charge in [-0.15, -0.1) is 0 Å². The number of nitrogens with two attached hydrogens (primary N) is 1. The van der Waals surface area contributed by atoms with Crippen molar-refractivity contribution in [3.63, 3.8) is 0 Å². The maximum absolute atomic E-state index is 11.5. The Kier molecular flexibility index (Phi) is 4.15. The normalized spacial score (nSPS) is 14.0. The molecule has 0 spiro atoms. The van der Waals surface area contributed by atoms with Crippen LogP contribution >= 0.6 is 12.2 Å². The maximum atomic E-state index is 11.5. The molecular formula is C13H17N3OS. The Morgan fingerprint density at radius 2 is 2.11 bits per heavy atom. The van der Waals surface area contributed by atoms with Crippen LogP contribution in [-0.4, -0.2) is 23.5 Å². The van der Waals surface area contributed by atoms with E-state index < -0.39 is 0 Å². The van der Waals surface area contributed by atoms with E-state index in [0.29, 0.717) is 24.0 Å². The minimum atomic E-state index is 0.0952. The van der Waals surface area contributed by atoms with Crippen molar-refractivity contribution in [2.24, 2.45) is 5.73 Å². The van der Waals surface area contributed by atoms with E-state index in [1.807, 2.05) is 24.3 Å². The Labute approximate surface area is 112 Å². The van der Waals surface area contributed by atoms with Gasteiger partial charge in [-0.1, -0.05) is 24.4 Å². The highest BCUT2D eigenvalue weighted by Crippen LogP contribution is 2.18. The van der Waals surface area contributed by atoms with Crippen molar-refractivity contribution in [2.45, 2.75) is 25.3 Å². The lowest BCUT2D eigenvalue weighted by Crippen LogP contribution is -2.27. The Hall–Kier alpha value is -1.62. The molecule has 1 amide bonds. The fraction of sp³-hybridized carbons (Fsp3) is 0.385. The van der Waals surface area contributed by atoms with Crippen LogP contribution in [0.5, 0.6) is 0 Å². The molecule has 1 saturated carbocycles. The lowest BCUT2D eigenvalue weighted by molar-refractivity contribution is -0.120. The third kappa shape index (κ3) is 3.70. The van der Waals surface area contributed by atoms with Crippen molar-refractivity contribution < 1.29 is 4.79 Å². The first-order valence-electron chi connectivity index (χ1n) is 6.09. The molecule has 0 radical (unpaired) electrons. The van der Waals surface area contributed by atoms with Crippen LogP contribution in [0.25, 0.3) is 0 Å². The zero-order chi connectivity index (χ0) is 13.0. The number of rotatable bonds is 6. The van der Waals surface area contributed by atoms with Crippen molar-refractivity contribution in [1.82, 2.24) is 5.32 Å². The monoisotopic (exact) mass is 263 g/mol. The van der Waals surface area contributed by atoms with Gasteiger partial charge >= 0.3 is 0 Å². The number of amides is 1. The fourth-order valence-electron chi connectivity index (χ4n) is 1.69. The van der Waals surface area contributed by atoms with E-state index in [1.165, 1.54) is 0 Å². The van der Waals surface area contributed by atoms with Gasteiger partial charge in [0.05, 0.1) is 0 Å². The van der Waals surface area contributed by atoms with Crippen LogP contribution < -0.4 is 16.4 Å². The molecular weight excluding hydrogens is 246 g/mol. The molecule has 0 unspecified atom stereocenters. The third-order valence-electron chi connectivity index (χ3n) is 2.80. The highest BCUT2D eigenvalue weighted by Gasteiger charge is 2.22. The number of carbonyl (C=O) groups is 1. The third-order valence-corrected chi connectivity index (χ3v) is 3.02. The first kappa shape index (κ1) is 12.8. The van der Waals surface area contributed by atoms with E-state index in [2.05, 4.69) is 10.6 Å². The number of nitrogens with one attached hydrogen (secondary N) is 2. The van der Waals surface area contributed by atoms with E-state index in [1.54, 1.807) is 0 Å². The SMILES string of the molecule is NC(=S)c1ccccc1NCCC(=O)NC1CC1. The first-order chi connectivity index (χ1) is 8.66. The zero-order valence-electron chi connectivity index (χ0n) is 10.1. The van der Waals surface area contributed by atoms with Crippen LogP contribution in [-0.2, 0) is 4.79 Å². The molecule has 1 aliphatic carbocycles. The average Bonchev–Trinajstić information content (AvgIpc) is 3.13. The lowest BCUT2D eigenvalue weighted by Gasteiger charge is -2.10. The molecule has 18 heavy (non-hydrogen) atoms. The summed E-state index contributed by atoms with van der Waals surface area (Å²) in [6.45, 7) is 0.582. The van der Waals surface area contributed by atoms with Gasteiger partial charge in [0.25, 0.3) is 0 Å². The van der Waals surface area contributed by atoms with Crippen molar-refractivity contribution >= 4 is 28.8 Å². The average molecular weight is 263 g/mol. The van der Waals surface area contributed by atoms with Gasteiger partial charge in [-0.05, 0) is 25.0 Å². The molecule has 0 saturated heterocycles. The van der Waals surface area contributed by atoms with E-state index >= 15 is 0 Å². The minimum Gasteiger partial charge on any atom is -0.389 e. The molecule has 1 aromatic rings. The van der Waals surface area contributed by atoms with Gasteiger partial charge in [0, 0.05) is 30.3 Å². The number of para-hydroxylation sites is 1. The minimum absolute atomic E-state index is 0.0952. The second kappa shape index (κ2) is 5.82. The summed E-state index contributed by atoms with van der Waals surface area (Å²) in [7, 11) is 0. The number of hydrogen-bond acceptors (Lipinski definition) is 3. The van der Waals surface area contributed by atoms with Crippen LogP contribution in [0.3, 0.4) is 0 Å². The van der Waals surface area contributed by atoms with Gasteiger partial charge in [0.1, 0.15) is 4.99 Å². The van der Waals surface area contributed by atoms with E-state index in [-0.39, 0.29) is 5.91 Å². The zero-order valence-corrected chi connectivity index (χ0v) is 10.9. The summed E-state index contributed by atoms with van der Waals surface area (Å²) in [6, 6.07) is 8.00. The molecule has 4 N–H and O–H groups in total. The molecule has 0 bridgehead atoms. The summed E-state index contributed by atoms with van der Waals surface area (Å²) < 4.78 is 0. The van der Waals surface area contributed by atoms with Crippen molar-refractivity contribution in [1.29, 1.82) is 0 Å². The summed E-state index contributed by atoms with van der Waals surface area (Å²) in [6.07, 6.45) is 2.69. The highest BCUT2D eigenvalue weighted by molar-refractivity contribution is 7.80. The molecule has 2 rings (SSSR count). The van der Waals surface area contributed by atoms with Crippen LogP contribution in [0.1, 0.15) is 24.8 Å².